The molecule has 0 spiro atoms. The quantitative estimate of drug-likeness (QED) is 0.585. The highest BCUT2D eigenvalue weighted by molar-refractivity contribution is 7.15. The Morgan fingerprint density at radius 1 is 1.17 bits per heavy atom. The van der Waals surface area contributed by atoms with Gasteiger partial charge in [0.2, 0.25) is 0 Å². The topological polar surface area (TPSA) is 64.6 Å². The van der Waals surface area contributed by atoms with Crippen LogP contribution in [0.3, 0.4) is 0 Å². The SMILES string of the molecule is CC(C)OC(=O)c1c(-c2ccc3ccccc3c2)csc1NC(=O)C1CCCO1. The Balaban J connectivity index is 1.73. The molecule has 150 valence electrons. The highest BCUT2D eigenvalue weighted by atomic mass is 32.1. The molecule has 1 aromatic heterocycles. The summed E-state index contributed by atoms with van der Waals surface area (Å²) in [6, 6.07) is 14.1. The van der Waals surface area contributed by atoms with E-state index in [1.54, 1.807) is 0 Å². The number of amides is 1. The van der Waals surface area contributed by atoms with Crippen LogP contribution in [0.2, 0.25) is 0 Å². The van der Waals surface area contributed by atoms with Crippen LogP contribution in [0.25, 0.3) is 21.9 Å². The maximum absolute atomic E-state index is 12.9. The second kappa shape index (κ2) is 8.35. The zero-order valence-electron chi connectivity index (χ0n) is 16.4. The number of esters is 1. The minimum absolute atomic E-state index is 0.215. The first-order valence-electron chi connectivity index (χ1n) is 9.77. The van der Waals surface area contributed by atoms with Crippen molar-refractivity contribution in [1.82, 2.24) is 0 Å². The summed E-state index contributed by atoms with van der Waals surface area (Å²) in [6.45, 7) is 4.21. The zero-order chi connectivity index (χ0) is 20.4. The van der Waals surface area contributed by atoms with E-state index in [-0.39, 0.29) is 12.0 Å². The molecule has 1 atom stereocenters. The van der Waals surface area contributed by atoms with E-state index >= 15 is 0 Å². The van der Waals surface area contributed by atoms with Gasteiger partial charge in [0, 0.05) is 17.6 Å². The summed E-state index contributed by atoms with van der Waals surface area (Å²) in [5.74, 6) is -0.653. The first-order chi connectivity index (χ1) is 14.0. The van der Waals surface area contributed by atoms with Crippen LogP contribution in [-0.4, -0.2) is 30.7 Å². The number of hydrogen-bond donors (Lipinski definition) is 1. The van der Waals surface area contributed by atoms with Gasteiger partial charge in [-0.1, -0.05) is 36.4 Å². The van der Waals surface area contributed by atoms with Gasteiger partial charge in [0.15, 0.2) is 0 Å². The van der Waals surface area contributed by atoms with Crippen molar-refractivity contribution >= 4 is 39.0 Å². The largest absolute Gasteiger partial charge is 0.459 e. The predicted octanol–water partition coefficient (Wildman–Crippen LogP) is 5.25. The number of carbonyl (C=O) groups is 2. The second-order valence-corrected chi connectivity index (χ2v) is 8.24. The summed E-state index contributed by atoms with van der Waals surface area (Å²) in [5.41, 5.74) is 2.06. The summed E-state index contributed by atoms with van der Waals surface area (Å²) in [4.78, 5) is 25.5. The van der Waals surface area contributed by atoms with Gasteiger partial charge >= 0.3 is 5.97 Å². The lowest BCUT2D eigenvalue weighted by Crippen LogP contribution is -2.27. The smallest absolute Gasteiger partial charge is 0.342 e. The number of fused-ring (bicyclic) bond motifs is 1. The summed E-state index contributed by atoms with van der Waals surface area (Å²) in [5, 5.41) is 7.50. The number of nitrogens with one attached hydrogen (secondary N) is 1. The van der Waals surface area contributed by atoms with Gasteiger partial charge in [0.25, 0.3) is 5.91 Å². The highest BCUT2D eigenvalue weighted by Gasteiger charge is 2.28. The van der Waals surface area contributed by atoms with Crippen LogP contribution in [0, 0.1) is 0 Å². The van der Waals surface area contributed by atoms with E-state index in [2.05, 4.69) is 11.4 Å². The molecule has 5 nitrogen and oxygen atoms in total. The number of hydrogen-bond acceptors (Lipinski definition) is 5. The number of ether oxygens (including phenoxy) is 2. The molecular weight excluding hydrogens is 386 g/mol. The van der Waals surface area contributed by atoms with E-state index in [9.17, 15) is 9.59 Å². The van der Waals surface area contributed by atoms with Crippen molar-refractivity contribution in [2.24, 2.45) is 0 Å². The molecule has 1 saturated heterocycles. The van der Waals surface area contributed by atoms with Crippen molar-refractivity contribution in [3.8, 4) is 11.1 Å². The van der Waals surface area contributed by atoms with Gasteiger partial charge in [0.1, 0.15) is 16.7 Å². The predicted molar refractivity (Wildman–Crippen MR) is 115 cm³/mol. The third-order valence-corrected chi connectivity index (χ3v) is 5.75. The summed E-state index contributed by atoms with van der Waals surface area (Å²) < 4.78 is 10.9. The van der Waals surface area contributed by atoms with Crippen LogP contribution in [0.15, 0.2) is 47.8 Å². The average Bonchev–Trinajstić information content (AvgIpc) is 3.37. The maximum atomic E-state index is 12.9. The number of benzene rings is 2. The first-order valence-corrected chi connectivity index (χ1v) is 10.6. The van der Waals surface area contributed by atoms with Gasteiger partial charge < -0.3 is 14.8 Å². The van der Waals surface area contributed by atoms with Crippen molar-refractivity contribution in [2.45, 2.75) is 38.9 Å². The van der Waals surface area contributed by atoms with E-state index in [1.165, 1.54) is 11.3 Å². The molecule has 2 heterocycles. The molecule has 0 aliphatic carbocycles. The van der Waals surface area contributed by atoms with Gasteiger partial charge in [-0.15, -0.1) is 11.3 Å². The normalized spacial score (nSPS) is 16.3. The Bertz CT molecular complexity index is 1050. The average molecular weight is 410 g/mol. The van der Waals surface area contributed by atoms with Crippen LogP contribution in [-0.2, 0) is 14.3 Å². The molecule has 1 aliphatic rings. The molecule has 2 aromatic carbocycles. The molecule has 1 fully saturated rings. The fourth-order valence-electron chi connectivity index (χ4n) is 3.47. The third kappa shape index (κ3) is 4.18. The van der Waals surface area contributed by atoms with Crippen molar-refractivity contribution in [1.29, 1.82) is 0 Å². The minimum Gasteiger partial charge on any atom is -0.459 e. The Hall–Kier alpha value is -2.70. The van der Waals surface area contributed by atoms with E-state index in [4.69, 9.17) is 9.47 Å². The summed E-state index contributed by atoms with van der Waals surface area (Å²) >= 11 is 1.33. The molecule has 0 bridgehead atoms. The summed E-state index contributed by atoms with van der Waals surface area (Å²) in [6.07, 6.45) is 0.844. The number of carbonyl (C=O) groups excluding carboxylic acids is 2. The van der Waals surface area contributed by atoms with Crippen LogP contribution in [0.4, 0.5) is 5.00 Å². The van der Waals surface area contributed by atoms with Crippen molar-refractivity contribution < 1.29 is 19.1 Å². The minimum atomic E-state index is -0.463. The lowest BCUT2D eigenvalue weighted by molar-refractivity contribution is -0.124. The van der Waals surface area contributed by atoms with Gasteiger partial charge in [-0.3, -0.25) is 4.79 Å². The number of rotatable bonds is 5. The molecule has 6 heteroatoms. The lowest BCUT2D eigenvalue weighted by atomic mass is 10.00. The molecule has 3 aromatic rings. The van der Waals surface area contributed by atoms with Crippen LogP contribution in [0.1, 0.15) is 37.0 Å². The van der Waals surface area contributed by atoms with Crippen LogP contribution in [0.5, 0.6) is 0 Å². The fourth-order valence-corrected chi connectivity index (χ4v) is 4.43. The van der Waals surface area contributed by atoms with E-state index in [0.717, 1.165) is 28.3 Å². The number of thiophene rings is 1. The molecule has 1 N–H and O–H groups in total. The molecule has 1 amide bonds. The lowest BCUT2D eigenvalue weighted by Gasteiger charge is -2.13. The van der Waals surface area contributed by atoms with E-state index in [1.807, 2.05) is 55.6 Å². The van der Waals surface area contributed by atoms with Gasteiger partial charge in [-0.05, 0) is 49.1 Å². The molecular formula is C23H23NO4S. The van der Waals surface area contributed by atoms with Crippen molar-refractivity contribution in [2.75, 3.05) is 11.9 Å². The molecule has 1 aliphatic heterocycles. The summed E-state index contributed by atoms with van der Waals surface area (Å²) in [7, 11) is 0. The Kier molecular flexibility index (Phi) is 5.65. The second-order valence-electron chi connectivity index (χ2n) is 7.36. The monoisotopic (exact) mass is 409 g/mol. The van der Waals surface area contributed by atoms with Crippen LogP contribution < -0.4 is 5.32 Å². The fraction of sp³-hybridized carbons (Fsp3) is 0.304. The molecule has 4 rings (SSSR count). The third-order valence-electron chi connectivity index (χ3n) is 4.86. The molecule has 29 heavy (non-hydrogen) atoms. The Morgan fingerprint density at radius 2 is 1.97 bits per heavy atom. The molecule has 1 unspecified atom stereocenters. The first kappa shape index (κ1) is 19.6. The Morgan fingerprint density at radius 3 is 2.69 bits per heavy atom. The van der Waals surface area contributed by atoms with Gasteiger partial charge in [-0.25, -0.2) is 4.79 Å². The molecule has 0 saturated carbocycles. The van der Waals surface area contributed by atoms with Crippen LogP contribution >= 0.6 is 11.3 Å². The zero-order valence-corrected chi connectivity index (χ0v) is 17.3. The number of anilines is 1. The van der Waals surface area contributed by atoms with Gasteiger partial charge in [-0.2, -0.15) is 0 Å². The van der Waals surface area contributed by atoms with Gasteiger partial charge in [0.05, 0.1) is 6.10 Å². The maximum Gasteiger partial charge on any atom is 0.342 e. The Labute approximate surface area is 173 Å². The van der Waals surface area contributed by atoms with E-state index < -0.39 is 12.1 Å². The van der Waals surface area contributed by atoms with Crippen molar-refractivity contribution in [3.63, 3.8) is 0 Å². The molecule has 0 radical (unpaired) electrons. The standard InChI is InChI=1S/C23H23NO4S/c1-14(2)28-23(26)20-18(17-10-9-15-6-3-4-7-16(15)12-17)13-29-22(20)24-21(25)19-8-5-11-27-19/h3-4,6-7,9-10,12-14,19H,5,8,11H2,1-2H3,(H,24,25). The highest BCUT2D eigenvalue weighted by Crippen LogP contribution is 2.37. The van der Waals surface area contributed by atoms with E-state index in [0.29, 0.717) is 23.6 Å². The van der Waals surface area contributed by atoms with Crippen molar-refractivity contribution in [3.05, 3.63) is 53.4 Å².